The Morgan fingerprint density at radius 3 is 2.56 bits per heavy atom. The van der Waals surface area contributed by atoms with Gasteiger partial charge in [0, 0.05) is 5.75 Å². The molecule has 0 aromatic heterocycles. The van der Waals surface area contributed by atoms with E-state index in [9.17, 15) is 9.18 Å². The second kappa shape index (κ2) is 6.53. The Labute approximate surface area is 98.9 Å². The van der Waals surface area contributed by atoms with Gasteiger partial charge in [0.2, 0.25) is 0 Å². The first kappa shape index (κ1) is 13.0. The van der Waals surface area contributed by atoms with Crippen LogP contribution in [0.15, 0.2) is 24.3 Å². The monoisotopic (exact) mass is 242 g/mol. The van der Waals surface area contributed by atoms with E-state index in [4.69, 9.17) is 5.11 Å². The number of carbonyl (C=O) groups is 1. The molecule has 0 saturated carbocycles. The van der Waals surface area contributed by atoms with Crippen LogP contribution in [-0.2, 0) is 10.5 Å². The SMILES string of the molecule is CCCC(SCc1ccc(F)cc1)C(=O)O. The molecule has 0 aliphatic heterocycles. The number of hydrogen-bond acceptors (Lipinski definition) is 2. The summed E-state index contributed by atoms with van der Waals surface area (Å²) in [5, 5.41) is 8.58. The number of benzene rings is 1. The third-order valence-electron chi connectivity index (χ3n) is 2.19. The minimum Gasteiger partial charge on any atom is -0.480 e. The summed E-state index contributed by atoms with van der Waals surface area (Å²) in [6, 6.07) is 6.16. The maximum atomic E-state index is 12.6. The minimum absolute atomic E-state index is 0.267. The summed E-state index contributed by atoms with van der Waals surface area (Å²) < 4.78 is 12.6. The Hall–Kier alpha value is -1.03. The van der Waals surface area contributed by atoms with Crippen LogP contribution in [0.25, 0.3) is 0 Å². The van der Waals surface area contributed by atoms with Crippen molar-refractivity contribution >= 4 is 17.7 Å². The molecule has 1 N–H and O–H groups in total. The van der Waals surface area contributed by atoms with E-state index in [0.717, 1.165) is 12.0 Å². The lowest BCUT2D eigenvalue weighted by molar-refractivity contribution is -0.136. The summed E-state index contributed by atoms with van der Waals surface area (Å²) >= 11 is 1.39. The van der Waals surface area contributed by atoms with Crippen molar-refractivity contribution in [1.82, 2.24) is 0 Å². The van der Waals surface area contributed by atoms with Crippen LogP contribution in [0, 0.1) is 5.82 Å². The molecular formula is C12H15FO2S. The standard InChI is InChI=1S/C12H15FO2S/c1-2-3-11(12(14)15)16-8-9-4-6-10(13)7-5-9/h4-7,11H,2-3,8H2,1H3,(H,14,15). The Kier molecular flexibility index (Phi) is 5.32. The summed E-state index contributed by atoms with van der Waals surface area (Å²) in [5.74, 6) is -0.428. The molecule has 0 amide bonds. The molecule has 16 heavy (non-hydrogen) atoms. The first-order valence-electron chi connectivity index (χ1n) is 5.22. The highest BCUT2D eigenvalue weighted by Crippen LogP contribution is 2.21. The van der Waals surface area contributed by atoms with Crippen molar-refractivity contribution in [2.45, 2.75) is 30.8 Å². The number of halogens is 1. The smallest absolute Gasteiger partial charge is 0.316 e. The Morgan fingerprint density at radius 2 is 2.06 bits per heavy atom. The molecule has 0 heterocycles. The van der Waals surface area contributed by atoms with Crippen molar-refractivity contribution in [3.63, 3.8) is 0 Å². The molecule has 1 aromatic carbocycles. The normalized spacial score (nSPS) is 12.4. The molecule has 1 atom stereocenters. The topological polar surface area (TPSA) is 37.3 Å². The molecule has 0 bridgehead atoms. The van der Waals surface area contributed by atoms with Crippen LogP contribution in [-0.4, -0.2) is 16.3 Å². The van der Waals surface area contributed by atoms with Gasteiger partial charge < -0.3 is 5.11 Å². The fraction of sp³-hybridized carbons (Fsp3) is 0.417. The van der Waals surface area contributed by atoms with Gasteiger partial charge in [0.05, 0.1) is 0 Å². The lowest BCUT2D eigenvalue weighted by Gasteiger charge is -2.10. The maximum Gasteiger partial charge on any atom is 0.316 e. The molecule has 0 fully saturated rings. The van der Waals surface area contributed by atoms with Gasteiger partial charge in [-0.25, -0.2) is 4.39 Å². The van der Waals surface area contributed by atoms with Crippen LogP contribution < -0.4 is 0 Å². The van der Waals surface area contributed by atoms with Crippen molar-refractivity contribution in [3.8, 4) is 0 Å². The van der Waals surface area contributed by atoms with Gasteiger partial charge in [-0.05, 0) is 24.1 Å². The first-order valence-corrected chi connectivity index (χ1v) is 6.27. The van der Waals surface area contributed by atoms with E-state index in [1.165, 1.54) is 23.9 Å². The van der Waals surface area contributed by atoms with Gasteiger partial charge in [-0.3, -0.25) is 4.79 Å². The second-order valence-electron chi connectivity index (χ2n) is 3.55. The second-order valence-corrected chi connectivity index (χ2v) is 4.74. The number of aliphatic carboxylic acids is 1. The van der Waals surface area contributed by atoms with Crippen LogP contribution in [0.3, 0.4) is 0 Å². The molecule has 1 unspecified atom stereocenters. The lowest BCUT2D eigenvalue weighted by atomic mass is 10.2. The van der Waals surface area contributed by atoms with Crippen molar-refractivity contribution in [2.24, 2.45) is 0 Å². The van der Waals surface area contributed by atoms with Gasteiger partial charge in [0.1, 0.15) is 11.1 Å². The fourth-order valence-corrected chi connectivity index (χ4v) is 2.45. The number of carboxylic acids is 1. The van der Waals surface area contributed by atoms with Crippen molar-refractivity contribution in [2.75, 3.05) is 0 Å². The Bertz CT molecular complexity index is 337. The zero-order chi connectivity index (χ0) is 12.0. The fourth-order valence-electron chi connectivity index (χ4n) is 1.32. The summed E-state index contributed by atoms with van der Waals surface area (Å²) in [4.78, 5) is 10.9. The van der Waals surface area contributed by atoms with Crippen molar-refractivity contribution in [1.29, 1.82) is 0 Å². The van der Waals surface area contributed by atoms with Gasteiger partial charge in [-0.2, -0.15) is 0 Å². The molecule has 0 radical (unpaired) electrons. The van der Waals surface area contributed by atoms with Crippen LogP contribution in [0.1, 0.15) is 25.3 Å². The maximum absolute atomic E-state index is 12.6. The van der Waals surface area contributed by atoms with Crippen LogP contribution in [0.4, 0.5) is 4.39 Å². The van der Waals surface area contributed by atoms with Crippen LogP contribution >= 0.6 is 11.8 Å². The predicted octanol–water partition coefficient (Wildman–Crippen LogP) is 3.31. The molecule has 88 valence electrons. The molecule has 1 rings (SSSR count). The Morgan fingerprint density at radius 1 is 1.44 bits per heavy atom. The van der Waals surface area contributed by atoms with Gasteiger partial charge in [0.15, 0.2) is 0 Å². The van der Waals surface area contributed by atoms with E-state index in [0.29, 0.717) is 12.2 Å². The number of hydrogen-bond donors (Lipinski definition) is 1. The summed E-state index contributed by atoms with van der Waals surface area (Å²) in [5.41, 5.74) is 0.953. The lowest BCUT2D eigenvalue weighted by Crippen LogP contribution is -2.16. The van der Waals surface area contributed by atoms with Crippen LogP contribution in [0.2, 0.25) is 0 Å². The van der Waals surface area contributed by atoms with Gasteiger partial charge >= 0.3 is 5.97 Å². The summed E-state index contributed by atoms with van der Waals surface area (Å²) in [7, 11) is 0. The highest BCUT2D eigenvalue weighted by molar-refractivity contribution is 7.99. The quantitative estimate of drug-likeness (QED) is 0.831. The number of carboxylic acid groups (broad SMARTS) is 1. The van der Waals surface area contributed by atoms with E-state index in [-0.39, 0.29) is 11.1 Å². The molecule has 0 aliphatic rings. The minimum atomic E-state index is -0.769. The summed E-state index contributed by atoms with van der Waals surface area (Å²) in [6.45, 7) is 1.97. The molecule has 0 saturated heterocycles. The van der Waals surface area contributed by atoms with Gasteiger partial charge in [-0.15, -0.1) is 11.8 Å². The molecule has 1 aromatic rings. The Balaban J connectivity index is 2.48. The van der Waals surface area contributed by atoms with E-state index in [1.807, 2.05) is 6.92 Å². The van der Waals surface area contributed by atoms with Crippen molar-refractivity contribution in [3.05, 3.63) is 35.6 Å². The predicted molar refractivity (Wildman–Crippen MR) is 64.0 cm³/mol. The van der Waals surface area contributed by atoms with Gasteiger partial charge in [-0.1, -0.05) is 25.5 Å². The van der Waals surface area contributed by atoms with Gasteiger partial charge in [0.25, 0.3) is 0 Å². The number of thioether (sulfide) groups is 1. The molecule has 0 spiro atoms. The molecule has 2 nitrogen and oxygen atoms in total. The highest BCUT2D eigenvalue weighted by atomic mass is 32.2. The zero-order valence-corrected chi connectivity index (χ0v) is 9.97. The molecule has 4 heteroatoms. The molecule has 0 aliphatic carbocycles. The number of rotatable bonds is 6. The third kappa shape index (κ3) is 4.23. The summed E-state index contributed by atoms with van der Waals surface area (Å²) in [6.07, 6.45) is 1.52. The van der Waals surface area contributed by atoms with E-state index in [1.54, 1.807) is 12.1 Å². The molecular weight excluding hydrogens is 227 g/mol. The van der Waals surface area contributed by atoms with E-state index in [2.05, 4.69) is 0 Å². The van der Waals surface area contributed by atoms with E-state index >= 15 is 0 Å². The highest BCUT2D eigenvalue weighted by Gasteiger charge is 2.16. The zero-order valence-electron chi connectivity index (χ0n) is 9.15. The first-order chi connectivity index (χ1) is 7.63. The van der Waals surface area contributed by atoms with Crippen molar-refractivity contribution < 1.29 is 14.3 Å². The van der Waals surface area contributed by atoms with Crippen LogP contribution in [0.5, 0.6) is 0 Å². The largest absolute Gasteiger partial charge is 0.480 e. The average molecular weight is 242 g/mol. The van der Waals surface area contributed by atoms with E-state index < -0.39 is 5.97 Å². The third-order valence-corrected chi connectivity index (χ3v) is 3.53. The average Bonchev–Trinajstić information content (AvgIpc) is 2.26.